The van der Waals surface area contributed by atoms with Gasteiger partial charge >= 0.3 is 0 Å². The van der Waals surface area contributed by atoms with Gasteiger partial charge in [0.25, 0.3) is 0 Å². The molecule has 0 bridgehead atoms. The van der Waals surface area contributed by atoms with Crippen LogP contribution >= 0.6 is 0 Å². The lowest BCUT2D eigenvalue weighted by Gasteiger charge is -2.10. The monoisotopic (exact) mass is 268 g/mol. The molecule has 3 N–H and O–H groups in total. The molecule has 0 amide bonds. The van der Waals surface area contributed by atoms with Crippen molar-refractivity contribution in [2.75, 3.05) is 24.2 Å². The van der Waals surface area contributed by atoms with Gasteiger partial charge in [0.1, 0.15) is 18.4 Å². The first kappa shape index (κ1) is 13.7. The van der Waals surface area contributed by atoms with Crippen molar-refractivity contribution in [1.29, 1.82) is 5.26 Å². The first-order valence-electron chi connectivity index (χ1n) is 6.28. The maximum Gasteiger partial charge on any atom is 0.150 e. The van der Waals surface area contributed by atoms with E-state index in [-0.39, 0.29) is 0 Å². The largest absolute Gasteiger partial charge is 0.492 e. The standard InChI is InChI=1S/C15H16N4O/c1-11-3-2-4-13(9-11)20-8-7-19-15-14(17)12(10-16)5-6-18-15/h2-6,9H,7-8,17H2,1H3,(H,18,19). The number of rotatable bonds is 5. The number of benzene rings is 1. The highest BCUT2D eigenvalue weighted by Crippen LogP contribution is 2.18. The molecule has 0 unspecified atom stereocenters. The summed E-state index contributed by atoms with van der Waals surface area (Å²) in [6.45, 7) is 3.06. The van der Waals surface area contributed by atoms with Gasteiger partial charge in [0.05, 0.1) is 17.8 Å². The Kier molecular flexibility index (Phi) is 4.40. The molecule has 0 saturated carbocycles. The predicted molar refractivity (Wildman–Crippen MR) is 78.5 cm³/mol. The molecule has 0 atom stereocenters. The highest BCUT2D eigenvalue weighted by molar-refractivity contribution is 5.68. The van der Waals surface area contributed by atoms with Gasteiger partial charge < -0.3 is 15.8 Å². The molecule has 102 valence electrons. The van der Waals surface area contributed by atoms with Crippen molar-refractivity contribution in [3.63, 3.8) is 0 Å². The summed E-state index contributed by atoms with van der Waals surface area (Å²) >= 11 is 0. The van der Waals surface area contributed by atoms with E-state index in [9.17, 15) is 0 Å². The number of aryl methyl sites for hydroxylation is 1. The lowest BCUT2D eigenvalue weighted by Crippen LogP contribution is -2.14. The van der Waals surface area contributed by atoms with Crippen molar-refractivity contribution in [3.05, 3.63) is 47.7 Å². The van der Waals surface area contributed by atoms with E-state index in [1.807, 2.05) is 37.3 Å². The van der Waals surface area contributed by atoms with Crippen molar-refractivity contribution in [3.8, 4) is 11.8 Å². The van der Waals surface area contributed by atoms with E-state index in [1.165, 1.54) is 0 Å². The van der Waals surface area contributed by atoms with Crippen molar-refractivity contribution in [2.24, 2.45) is 0 Å². The quantitative estimate of drug-likeness (QED) is 0.813. The third-order valence-electron chi connectivity index (χ3n) is 2.76. The minimum Gasteiger partial charge on any atom is -0.492 e. The number of hydrogen-bond donors (Lipinski definition) is 2. The normalized spacial score (nSPS) is 9.80. The number of hydrogen-bond acceptors (Lipinski definition) is 5. The third kappa shape index (κ3) is 3.39. The molecule has 1 aromatic carbocycles. The van der Waals surface area contributed by atoms with Crippen LogP contribution in [0, 0.1) is 18.3 Å². The molecule has 2 rings (SSSR count). The Labute approximate surface area is 118 Å². The molecule has 0 spiro atoms. The Morgan fingerprint density at radius 3 is 3.00 bits per heavy atom. The summed E-state index contributed by atoms with van der Waals surface area (Å²) in [6, 6.07) is 11.5. The summed E-state index contributed by atoms with van der Waals surface area (Å²) in [5.41, 5.74) is 7.76. The van der Waals surface area contributed by atoms with Crippen LogP contribution in [0.3, 0.4) is 0 Å². The predicted octanol–water partition coefficient (Wildman–Crippen LogP) is 2.33. The molecular weight excluding hydrogens is 252 g/mol. The smallest absolute Gasteiger partial charge is 0.150 e. The molecule has 1 heterocycles. The van der Waals surface area contributed by atoms with Crippen molar-refractivity contribution in [2.45, 2.75) is 6.92 Å². The van der Waals surface area contributed by atoms with Crippen LogP contribution < -0.4 is 15.8 Å². The topological polar surface area (TPSA) is 84.0 Å². The van der Waals surface area contributed by atoms with Crippen LogP contribution in [0.4, 0.5) is 11.5 Å². The summed E-state index contributed by atoms with van der Waals surface area (Å²) < 4.78 is 5.61. The van der Waals surface area contributed by atoms with E-state index in [0.29, 0.717) is 30.2 Å². The SMILES string of the molecule is Cc1cccc(OCCNc2nccc(C#N)c2N)c1. The van der Waals surface area contributed by atoms with E-state index >= 15 is 0 Å². The number of nitrogens with two attached hydrogens (primary N) is 1. The van der Waals surface area contributed by atoms with Gasteiger partial charge in [0, 0.05) is 6.20 Å². The highest BCUT2D eigenvalue weighted by Gasteiger charge is 2.04. The van der Waals surface area contributed by atoms with Crippen molar-refractivity contribution >= 4 is 11.5 Å². The average Bonchev–Trinajstić information content (AvgIpc) is 2.45. The minimum absolute atomic E-state index is 0.366. The highest BCUT2D eigenvalue weighted by atomic mass is 16.5. The zero-order valence-electron chi connectivity index (χ0n) is 11.3. The Hall–Kier alpha value is -2.74. The van der Waals surface area contributed by atoms with Gasteiger partial charge in [-0.25, -0.2) is 4.98 Å². The molecule has 0 fully saturated rings. The fourth-order valence-electron chi connectivity index (χ4n) is 1.76. The van der Waals surface area contributed by atoms with E-state index < -0.39 is 0 Å². The fraction of sp³-hybridized carbons (Fsp3) is 0.200. The summed E-state index contributed by atoms with van der Waals surface area (Å²) in [5, 5.41) is 11.9. The molecule has 2 aromatic rings. The maximum atomic E-state index is 8.88. The van der Waals surface area contributed by atoms with Gasteiger partial charge in [0.2, 0.25) is 0 Å². The lowest BCUT2D eigenvalue weighted by atomic mass is 10.2. The van der Waals surface area contributed by atoms with Crippen LogP contribution in [0.15, 0.2) is 36.5 Å². The Morgan fingerprint density at radius 1 is 1.40 bits per heavy atom. The zero-order valence-corrected chi connectivity index (χ0v) is 11.3. The van der Waals surface area contributed by atoms with Crippen LogP contribution in [0.25, 0.3) is 0 Å². The molecular formula is C15H16N4O. The van der Waals surface area contributed by atoms with Crippen LogP contribution in [-0.4, -0.2) is 18.1 Å². The van der Waals surface area contributed by atoms with Gasteiger partial charge in [-0.15, -0.1) is 0 Å². The van der Waals surface area contributed by atoms with Gasteiger partial charge in [-0.1, -0.05) is 12.1 Å². The molecule has 0 aliphatic heterocycles. The molecule has 0 aliphatic rings. The summed E-state index contributed by atoms with van der Waals surface area (Å²) in [6.07, 6.45) is 1.55. The fourth-order valence-corrected chi connectivity index (χ4v) is 1.76. The van der Waals surface area contributed by atoms with Crippen LogP contribution in [-0.2, 0) is 0 Å². The molecule has 5 heteroatoms. The van der Waals surface area contributed by atoms with Gasteiger partial charge in [-0.05, 0) is 30.7 Å². The molecule has 0 aliphatic carbocycles. The first-order chi connectivity index (χ1) is 9.70. The molecule has 1 aromatic heterocycles. The lowest BCUT2D eigenvalue weighted by molar-refractivity contribution is 0.332. The number of nitrogens with one attached hydrogen (secondary N) is 1. The second kappa shape index (κ2) is 6.43. The summed E-state index contributed by atoms with van der Waals surface area (Å²) in [7, 11) is 0. The third-order valence-corrected chi connectivity index (χ3v) is 2.76. The van der Waals surface area contributed by atoms with Gasteiger partial charge in [-0.3, -0.25) is 0 Å². The molecule has 5 nitrogen and oxygen atoms in total. The Morgan fingerprint density at radius 2 is 2.25 bits per heavy atom. The average molecular weight is 268 g/mol. The maximum absolute atomic E-state index is 8.88. The molecule has 0 saturated heterocycles. The summed E-state index contributed by atoms with van der Waals surface area (Å²) in [5.74, 6) is 1.34. The molecule has 0 radical (unpaired) electrons. The number of pyridine rings is 1. The Bertz CT molecular complexity index is 634. The Balaban J connectivity index is 1.86. The second-order valence-corrected chi connectivity index (χ2v) is 4.32. The summed E-state index contributed by atoms with van der Waals surface area (Å²) in [4.78, 5) is 4.10. The van der Waals surface area contributed by atoms with Crippen molar-refractivity contribution < 1.29 is 4.74 Å². The van der Waals surface area contributed by atoms with E-state index in [1.54, 1.807) is 12.3 Å². The second-order valence-electron chi connectivity index (χ2n) is 4.32. The number of nitriles is 1. The zero-order chi connectivity index (χ0) is 14.4. The number of ether oxygens (including phenoxy) is 1. The van der Waals surface area contributed by atoms with E-state index in [2.05, 4.69) is 10.3 Å². The van der Waals surface area contributed by atoms with Crippen LogP contribution in [0.5, 0.6) is 5.75 Å². The number of nitrogen functional groups attached to an aromatic ring is 1. The van der Waals surface area contributed by atoms with Gasteiger partial charge in [0.15, 0.2) is 5.82 Å². The van der Waals surface area contributed by atoms with Crippen LogP contribution in [0.2, 0.25) is 0 Å². The van der Waals surface area contributed by atoms with E-state index in [0.717, 1.165) is 11.3 Å². The molecule has 20 heavy (non-hydrogen) atoms. The first-order valence-corrected chi connectivity index (χ1v) is 6.28. The number of nitrogens with zero attached hydrogens (tertiary/aromatic N) is 2. The van der Waals surface area contributed by atoms with Crippen LogP contribution in [0.1, 0.15) is 11.1 Å². The van der Waals surface area contributed by atoms with E-state index in [4.69, 9.17) is 15.7 Å². The minimum atomic E-state index is 0.366. The van der Waals surface area contributed by atoms with Gasteiger partial charge in [-0.2, -0.15) is 5.26 Å². The van der Waals surface area contributed by atoms with Crippen molar-refractivity contribution in [1.82, 2.24) is 4.98 Å². The number of anilines is 2. The number of aromatic nitrogens is 1.